The van der Waals surface area contributed by atoms with Crippen LogP contribution in [0.3, 0.4) is 0 Å². The number of nitrogens with zero attached hydrogens (tertiary/aromatic N) is 3. The SMILES string of the molecule is COc1ccc(-c2nc(NC(=O)[C@H]3CNC[C@@H]3c3cnn(C)c3)sc2C)cc1. The molecule has 0 unspecified atom stereocenters. The van der Waals surface area contributed by atoms with Crippen LogP contribution < -0.4 is 15.4 Å². The lowest BCUT2D eigenvalue weighted by Crippen LogP contribution is -2.28. The summed E-state index contributed by atoms with van der Waals surface area (Å²) in [6.07, 6.45) is 3.82. The van der Waals surface area contributed by atoms with Gasteiger partial charge in [0.25, 0.3) is 0 Å². The first kappa shape index (κ1) is 18.6. The molecule has 2 N–H and O–H groups in total. The van der Waals surface area contributed by atoms with Crippen LogP contribution in [0.1, 0.15) is 16.4 Å². The third kappa shape index (κ3) is 3.65. The summed E-state index contributed by atoms with van der Waals surface area (Å²) in [5.74, 6) is 0.780. The van der Waals surface area contributed by atoms with Crippen LogP contribution in [-0.4, -0.2) is 40.9 Å². The molecule has 0 aliphatic carbocycles. The van der Waals surface area contributed by atoms with Gasteiger partial charge in [-0.1, -0.05) is 0 Å². The van der Waals surface area contributed by atoms with Crippen LogP contribution in [-0.2, 0) is 11.8 Å². The minimum absolute atomic E-state index is 0.00566. The molecule has 1 amide bonds. The van der Waals surface area contributed by atoms with Gasteiger partial charge in [-0.3, -0.25) is 9.48 Å². The Morgan fingerprint density at radius 2 is 2.11 bits per heavy atom. The summed E-state index contributed by atoms with van der Waals surface area (Å²) < 4.78 is 6.98. The summed E-state index contributed by atoms with van der Waals surface area (Å²) in [6.45, 7) is 3.45. The third-order valence-corrected chi connectivity index (χ3v) is 5.98. The van der Waals surface area contributed by atoms with Gasteiger partial charge in [-0.2, -0.15) is 5.10 Å². The number of rotatable bonds is 5. The Hall–Kier alpha value is -2.71. The Labute approximate surface area is 167 Å². The van der Waals surface area contributed by atoms with Gasteiger partial charge in [0.1, 0.15) is 5.75 Å². The number of aromatic nitrogens is 3. The van der Waals surface area contributed by atoms with Crippen molar-refractivity contribution >= 4 is 22.4 Å². The smallest absolute Gasteiger partial charge is 0.231 e. The number of nitrogens with one attached hydrogen (secondary N) is 2. The van der Waals surface area contributed by atoms with Crippen molar-refractivity contribution in [1.29, 1.82) is 0 Å². The number of benzene rings is 1. The molecular formula is C20H23N5O2S. The summed E-state index contributed by atoms with van der Waals surface area (Å²) in [5, 5.41) is 11.2. The molecule has 1 saturated heterocycles. The van der Waals surface area contributed by atoms with Crippen LogP contribution in [0.5, 0.6) is 5.75 Å². The molecule has 2 aromatic heterocycles. The van der Waals surface area contributed by atoms with Crippen LogP contribution in [0.15, 0.2) is 36.7 Å². The van der Waals surface area contributed by atoms with Gasteiger partial charge >= 0.3 is 0 Å². The molecule has 0 bridgehead atoms. The molecule has 0 radical (unpaired) electrons. The second-order valence-corrected chi connectivity index (χ2v) is 8.16. The van der Waals surface area contributed by atoms with Crippen molar-refractivity contribution in [2.75, 3.05) is 25.5 Å². The molecule has 8 heteroatoms. The Morgan fingerprint density at radius 3 is 2.79 bits per heavy atom. The molecule has 146 valence electrons. The molecule has 0 spiro atoms. The number of aryl methyl sites for hydroxylation is 2. The van der Waals surface area contributed by atoms with Gasteiger partial charge in [-0.05, 0) is 36.8 Å². The van der Waals surface area contributed by atoms with Crippen LogP contribution in [0.25, 0.3) is 11.3 Å². The fraction of sp³-hybridized carbons (Fsp3) is 0.350. The Morgan fingerprint density at radius 1 is 1.32 bits per heavy atom. The van der Waals surface area contributed by atoms with E-state index in [2.05, 4.69) is 20.7 Å². The summed E-state index contributed by atoms with van der Waals surface area (Å²) >= 11 is 1.50. The first-order chi connectivity index (χ1) is 13.5. The maximum atomic E-state index is 12.9. The zero-order chi connectivity index (χ0) is 19.7. The first-order valence-corrected chi connectivity index (χ1v) is 9.99. The van der Waals surface area contributed by atoms with E-state index in [0.29, 0.717) is 11.7 Å². The first-order valence-electron chi connectivity index (χ1n) is 9.17. The highest BCUT2D eigenvalue weighted by atomic mass is 32.1. The van der Waals surface area contributed by atoms with Crippen LogP contribution in [0.2, 0.25) is 0 Å². The van der Waals surface area contributed by atoms with E-state index in [1.165, 1.54) is 11.3 Å². The number of carbonyl (C=O) groups excluding carboxylic acids is 1. The molecule has 4 rings (SSSR count). The van der Waals surface area contributed by atoms with E-state index in [-0.39, 0.29) is 17.7 Å². The number of methoxy groups -OCH3 is 1. The average molecular weight is 398 g/mol. The predicted molar refractivity (Wildman–Crippen MR) is 110 cm³/mol. The van der Waals surface area contributed by atoms with Crippen molar-refractivity contribution in [2.24, 2.45) is 13.0 Å². The monoisotopic (exact) mass is 397 g/mol. The maximum absolute atomic E-state index is 12.9. The summed E-state index contributed by atoms with van der Waals surface area (Å²) in [6, 6.07) is 7.78. The number of anilines is 1. The van der Waals surface area contributed by atoms with E-state index in [9.17, 15) is 4.79 Å². The van der Waals surface area contributed by atoms with Gasteiger partial charge in [0, 0.05) is 42.7 Å². The maximum Gasteiger partial charge on any atom is 0.231 e. The van der Waals surface area contributed by atoms with Gasteiger partial charge < -0.3 is 15.4 Å². The van der Waals surface area contributed by atoms with E-state index in [0.717, 1.165) is 34.0 Å². The minimum atomic E-state index is -0.141. The highest BCUT2D eigenvalue weighted by molar-refractivity contribution is 7.16. The minimum Gasteiger partial charge on any atom is -0.497 e. The number of hydrogen-bond donors (Lipinski definition) is 2. The fourth-order valence-electron chi connectivity index (χ4n) is 3.60. The lowest BCUT2D eigenvalue weighted by atomic mass is 9.90. The normalized spacial score (nSPS) is 19.0. The average Bonchev–Trinajstić information content (AvgIpc) is 3.41. The number of hydrogen-bond acceptors (Lipinski definition) is 6. The summed E-state index contributed by atoms with van der Waals surface area (Å²) in [5.41, 5.74) is 2.98. The quantitative estimate of drug-likeness (QED) is 0.692. The molecule has 28 heavy (non-hydrogen) atoms. The van der Waals surface area contributed by atoms with Crippen molar-refractivity contribution in [2.45, 2.75) is 12.8 Å². The van der Waals surface area contributed by atoms with Crippen molar-refractivity contribution in [3.8, 4) is 17.0 Å². The van der Waals surface area contributed by atoms with Gasteiger partial charge in [0.05, 0.1) is 24.9 Å². The van der Waals surface area contributed by atoms with E-state index in [1.54, 1.807) is 11.8 Å². The number of thiazole rings is 1. The molecule has 1 aliphatic rings. The largest absolute Gasteiger partial charge is 0.497 e. The molecule has 1 aliphatic heterocycles. The highest BCUT2D eigenvalue weighted by Gasteiger charge is 2.35. The standard InChI is InChI=1S/C20H23N5O2S/c1-12-18(13-4-6-15(27-3)7-5-13)23-20(28-12)24-19(26)17-10-21-9-16(17)14-8-22-25(2)11-14/h4-8,11,16-17,21H,9-10H2,1-3H3,(H,23,24,26)/t16-,17+/m1/s1. The zero-order valence-electron chi connectivity index (χ0n) is 16.1. The van der Waals surface area contributed by atoms with Gasteiger partial charge in [-0.25, -0.2) is 4.98 Å². The van der Waals surface area contributed by atoms with E-state index in [4.69, 9.17) is 4.74 Å². The summed E-state index contributed by atoms with van der Waals surface area (Å²) in [4.78, 5) is 18.6. The molecule has 1 fully saturated rings. The predicted octanol–water partition coefficient (Wildman–Crippen LogP) is 2.80. The lowest BCUT2D eigenvalue weighted by Gasteiger charge is -2.15. The summed E-state index contributed by atoms with van der Waals surface area (Å²) in [7, 11) is 3.54. The Bertz CT molecular complexity index is 979. The molecule has 0 saturated carbocycles. The molecule has 3 heterocycles. The second-order valence-electron chi connectivity index (χ2n) is 6.96. The Kier molecular flexibility index (Phi) is 5.15. The number of carbonyl (C=O) groups is 1. The molecule has 7 nitrogen and oxygen atoms in total. The van der Waals surface area contributed by atoms with Gasteiger partial charge in [0.15, 0.2) is 5.13 Å². The van der Waals surface area contributed by atoms with Crippen molar-refractivity contribution in [3.05, 3.63) is 47.1 Å². The van der Waals surface area contributed by atoms with Crippen molar-refractivity contribution in [3.63, 3.8) is 0 Å². The topological polar surface area (TPSA) is 81.1 Å². The fourth-order valence-corrected chi connectivity index (χ4v) is 4.44. The van der Waals surface area contributed by atoms with Crippen molar-refractivity contribution < 1.29 is 9.53 Å². The molecule has 2 atom stereocenters. The van der Waals surface area contributed by atoms with Crippen LogP contribution in [0.4, 0.5) is 5.13 Å². The second kappa shape index (κ2) is 7.73. The number of amides is 1. The highest BCUT2D eigenvalue weighted by Crippen LogP contribution is 2.33. The Balaban J connectivity index is 1.50. The van der Waals surface area contributed by atoms with E-state index >= 15 is 0 Å². The van der Waals surface area contributed by atoms with E-state index in [1.807, 2.05) is 50.6 Å². The molecular weight excluding hydrogens is 374 g/mol. The van der Waals surface area contributed by atoms with E-state index < -0.39 is 0 Å². The van der Waals surface area contributed by atoms with Crippen LogP contribution in [0, 0.1) is 12.8 Å². The third-order valence-electron chi connectivity index (χ3n) is 5.09. The molecule has 1 aromatic carbocycles. The number of ether oxygens (including phenoxy) is 1. The van der Waals surface area contributed by atoms with Gasteiger partial charge in [-0.15, -0.1) is 11.3 Å². The van der Waals surface area contributed by atoms with Crippen LogP contribution >= 0.6 is 11.3 Å². The zero-order valence-corrected chi connectivity index (χ0v) is 16.9. The lowest BCUT2D eigenvalue weighted by molar-refractivity contribution is -0.119. The van der Waals surface area contributed by atoms with Gasteiger partial charge in [0.2, 0.25) is 5.91 Å². The molecule has 3 aromatic rings. The van der Waals surface area contributed by atoms with Crippen molar-refractivity contribution in [1.82, 2.24) is 20.1 Å².